The Balaban J connectivity index is 2.16. The summed E-state index contributed by atoms with van der Waals surface area (Å²) in [6.07, 6.45) is 1.26. The van der Waals surface area contributed by atoms with Crippen LogP contribution in [0.1, 0.15) is 18.1 Å². The lowest BCUT2D eigenvalue weighted by Gasteiger charge is -2.01. The molecule has 0 fully saturated rings. The molecular weight excluding hydrogens is 302 g/mol. The zero-order chi connectivity index (χ0) is 16.2. The number of hydrogen-bond donors (Lipinski definition) is 0. The van der Waals surface area contributed by atoms with Crippen molar-refractivity contribution in [2.75, 3.05) is 0 Å². The second-order valence-electron chi connectivity index (χ2n) is 4.69. The lowest BCUT2D eigenvalue weighted by Crippen LogP contribution is -2.01. The van der Waals surface area contributed by atoms with Gasteiger partial charge in [0.05, 0.1) is 4.90 Å². The Morgan fingerprint density at radius 3 is 2.18 bits per heavy atom. The minimum atomic E-state index is -3.72. The van der Waals surface area contributed by atoms with E-state index in [-0.39, 0.29) is 4.90 Å². The first-order valence-corrected chi connectivity index (χ1v) is 7.96. The number of benzene rings is 2. The van der Waals surface area contributed by atoms with E-state index < -0.39 is 16.0 Å². The number of carbonyl (C=O) groups is 1. The fourth-order valence-corrected chi connectivity index (χ4v) is 2.55. The molecule has 6 heteroatoms. The Kier molecular flexibility index (Phi) is 4.72. The van der Waals surface area contributed by atoms with E-state index in [1.807, 2.05) is 6.92 Å². The van der Waals surface area contributed by atoms with E-state index in [1.54, 1.807) is 36.4 Å². The molecule has 2 rings (SSSR count). The highest BCUT2D eigenvalue weighted by atomic mass is 32.2. The molecule has 0 heterocycles. The molecule has 0 radical (unpaired) electrons. The molecule has 0 unspecified atom stereocenters. The van der Waals surface area contributed by atoms with Crippen molar-refractivity contribution in [3.8, 4) is 5.75 Å². The van der Waals surface area contributed by atoms with E-state index >= 15 is 0 Å². The first-order valence-electron chi connectivity index (χ1n) is 6.52. The lowest BCUT2D eigenvalue weighted by atomic mass is 10.2. The second-order valence-corrected chi connectivity index (χ2v) is 6.32. The van der Waals surface area contributed by atoms with E-state index in [0.717, 1.165) is 5.56 Å². The molecule has 0 aliphatic heterocycles. The van der Waals surface area contributed by atoms with Gasteiger partial charge in [0.15, 0.2) is 0 Å². The summed E-state index contributed by atoms with van der Waals surface area (Å²) in [5.74, 6) is -0.0191. The molecule has 0 aliphatic rings. The van der Waals surface area contributed by atoms with Gasteiger partial charge in [0.1, 0.15) is 5.75 Å². The molecule has 0 N–H and O–H groups in total. The number of nitrogens with zero attached hydrogens (tertiary/aromatic N) is 1. The quantitative estimate of drug-likeness (QED) is 0.494. The highest BCUT2D eigenvalue weighted by Gasteiger charge is 2.10. The first kappa shape index (κ1) is 15.9. The number of ether oxygens (including phenoxy) is 1. The van der Waals surface area contributed by atoms with Crippen LogP contribution in [0.3, 0.4) is 0 Å². The van der Waals surface area contributed by atoms with Crippen molar-refractivity contribution >= 4 is 22.2 Å². The van der Waals surface area contributed by atoms with Crippen molar-refractivity contribution in [3.63, 3.8) is 0 Å². The molecule has 0 aliphatic carbocycles. The summed E-state index contributed by atoms with van der Waals surface area (Å²) in [5, 5.41) is 0. The van der Waals surface area contributed by atoms with Crippen molar-refractivity contribution < 1.29 is 17.9 Å². The molecule has 22 heavy (non-hydrogen) atoms. The van der Waals surface area contributed by atoms with Crippen LogP contribution in [-0.4, -0.2) is 20.6 Å². The third-order valence-electron chi connectivity index (χ3n) is 2.80. The summed E-state index contributed by atoms with van der Waals surface area (Å²) in [4.78, 5) is 11.0. The van der Waals surface area contributed by atoms with Crippen LogP contribution in [0.5, 0.6) is 5.75 Å². The van der Waals surface area contributed by atoms with Gasteiger partial charge in [-0.05, 0) is 48.9 Å². The molecule has 0 saturated heterocycles. The topological polar surface area (TPSA) is 72.8 Å². The van der Waals surface area contributed by atoms with E-state index in [1.165, 1.54) is 25.3 Å². The summed E-state index contributed by atoms with van der Waals surface area (Å²) in [7, 11) is -3.72. The fourth-order valence-electron chi connectivity index (χ4n) is 1.69. The molecule has 2 aromatic rings. The third-order valence-corrected chi connectivity index (χ3v) is 4.05. The summed E-state index contributed by atoms with van der Waals surface area (Å²) < 4.78 is 32.7. The molecule has 0 amide bonds. The number of hydrogen-bond acceptors (Lipinski definition) is 4. The zero-order valence-corrected chi connectivity index (χ0v) is 13.0. The molecule has 5 nitrogen and oxygen atoms in total. The Morgan fingerprint density at radius 2 is 1.64 bits per heavy atom. The smallest absolute Gasteiger partial charge is 0.308 e. The summed E-state index contributed by atoms with van der Waals surface area (Å²) >= 11 is 0. The maximum absolute atomic E-state index is 12.1. The van der Waals surface area contributed by atoms with Gasteiger partial charge in [-0.15, -0.1) is 0 Å². The standard InChI is InChI=1S/C16H15NO4S/c1-12-3-9-16(10-4-12)22(19,20)17-11-14-5-7-15(8-6-14)21-13(2)18/h3-11H,1-2H3/b17-11+. The monoisotopic (exact) mass is 317 g/mol. The normalized spacial score (nSPS) is 11.5. The first-order chi connectivity index (χ1) is 10.4. The zero-order valence-electron chi connectivity index (χ0n) is 12.2. The Bertz CT molecular complexity index is 791. The lowest BCUT2D eigenvalue weighted by molar-refractivity contribution is -0.131. The number of rotatable bonds is 4. The average Bonchev–Trinajstić information content (AvgIpc) is 2.46. The minimum Gasteiger partial charge on any atom is -0.427 e. The van der Waals surface area contributed by atoms with E-state index in [2.05, 4.69) is 4.40 Å². The fraction of sp³-hybridized carbons (Fsp3) is 0.125. The van der Waals surface area contributed by atoms with Gasteiger partial charge in [-0.1, -0.05) is 17.7 Å². The summed E-state index contributed by atoms with van der Waals surface area (Å²) in [6.45, 7) is 3.19. The van der Waals surface area contributed by atoms with Crippen LogP contribution in [0.25, 0.3) is 0 Å². The number of aryl methyl sites for hydroxylation is 1. The molecule has 0 bridgehead atoms. The predicted octanol–water partition coefficient (Wildman–Crippen LogP) is 2.73. The Hall–Kier alpha value is -2.47. The molecule has 0 spiro atoms. The van der Waals surface area contributed by atoms with Crippen molar-refractivity contribution in [2.45, 2.75) is 18.7 Å². The molecular formula is C16H15NO4S. The molecule has 2 aromatic carbocycles. The summed E-state index contributed by atoms with van der Waals surface area (Å²) in [5.41, 5.74) is 1.57. The van der Waals surface area contributed by atoms with Crippen LogP contribution >= 0.6 is 0 Å². The van der Waals surface area contributed by atoms with E-state index in [0.29, 0.717) is 11.3 Å². The Morgan fingerprint density at radius 1 is 1.05 bits per heavy atom. The highest BCUT2D eigenvalue weighted by molar-refractivity contribution is 7.90. The van der Waals surface area contributed by atoms with Crippen LogP contribution in [0, 0.1) is 6.92 Å². The number of esters is 1. The van der Waals surface area contributed by atoms with Gasteiger partial charge in [-0.3, -0.25) is 4.79 Å². The van der Waals surface area contributed by atoms with Crippen molar-refractivity contribution in [3.05, 3.63) is 59.7 Å². The van der Waals surface area contributed by atoms with Crippen molar-refractivity contribution in [1.29, 1.82) is 0 Å². The molecule has 114 valence electrons. The highest BCUT2D eigenvalue weighted by Crippen LogP contribution is 2.14. The second kappa shape index (κ2) is 6.53. The van der Waals surface area contributed by atoms with Crippen molar-refractivity contribution in [1.82, 2.24) is 0 Å². The SMILES string of the molecule is CC(=O)Oc1ccc(/C=N/S(=O)(=O)c2ccc(C)cc2)cc1. The van der Waals surface area contributed by atoms with Crippen molar-refractivity contribution in [2.24, 2.45) is 4.40 Å². The van der Waals surface area contributed by atoms with Gasteiger partial charge in [0, 0.05) is 13.1 Å². The van der Waals surface area contributed by atoms with Gasteiger partial charge < -0.3 is 4.74 Å². The van der Waals surface area contributed by atoms with Gasteiger partial charge in [0.25, 0.3) is 10.0 Å². The van der Waals surface area contributed by atoms with Crippen LogP contribution < -0.4 is 4.74 Å². The van der Waals surface area contributed by atoms with Crippen LogP contribution in [0.4, 0.5) is 0 Å². The number of sulfonamides is 1. The average molecular weight is 317 g/mol. The summed E-state index contributed by atoms with van der Waals surface area (Å²) in [6, 6.07) is 12.9. The third kappa shape index (κ3) is 4.26. The molecule has 0 saturated carbocycles. The van der Waals surface area contributed by atoms with E-state index in [9.17, 15) is 13.2 Å². The predicted molar refractivity (Wildman–Crippen MR) is 83.7 cm³/mol. The molecule has 0 atom stereocenters. The van der Waals surface area contributed by atoms with Gasteiger partial charge in [0.2, 0.25) is 0 Å². The minimum absolute atomic E-state index is 0.144. The largest absolute Gasteiger partial charge is 0.427 e. The van der Waals surface area contributed by atoms with Gasteiger partial charge in [-0.25, -0.2) is 0 Å². The maximum Gasteiger partial charge on any atom is 0.308 e. The van der Waals surface area contributed by atoms with Crippen LogP contribution in [0.15, 0.2) is 57.8 Å². The number of carbonyl (C=O) groups excluding carboxylic acids is 1. The molecule has 0 aromatic heterocycles. The maximum atomic E-state index is 12.1. The van der Waals surface area contributed by atoms with Gasteiger partial charge in [-0.2, -0.15) is 12.8 Å². The van der Waals surface area contributed by atoms with Crippen LogP contribution in [0.2, 0.25) is 0 Å². The Labute approximate surface area is 129 Å². The van der Waals surface area contributed by atoms with Crippen LogP contribution in [-0.2, 0) is 14.8 Å². The van der Waals surface area contributed by atoms with Gasteiger partial charge >= 0.3 is 5.97 Å². The van der Waals surface area contributed by atoms with E-state index in [4.69, 9.17) is 4.74 Å².